The monoisotopic (exact) mass is 474 g/mol. The standard InChI is InChI=1S/C26H23ClN4O3/c1-14-21(25(32)30-28-14)24(22-15(2)29-31-26(22)33)23-19-6-4-3-5-17(19)9-12-20(23)34-13-16-7-10-18(27)11-8-16/h3-12,24H,13H2,1-2H3,(H2,28,30,32)(H2,29,31,33). The van der Waals surface area contributed by atoms with Crippen LogP contribution in [-0.2, 0) is 6.61 Å². The van der Waals surface area contributed by atoms with E-state index in [2.05, 4.69) is 20.4 Å². The number of nitrogens with one attached hydrogen (secondary N) is 4. The van der Waals surface area contributed by atoms with Gasteiger partial charge in [0, 0.05) is 22.0 Å². The van der Waals surface area contributed by atoms with Crippen molar-refractivity contribution in [2.75, 3.05) is 0 Å². The van der Waals surface area contributed by atoms with Gasteiger partial charge < -0.3 is 14.9 Å². The summed E-state index contributed by atoms with van der Waals surface area (Å²) in [5.74, 6) is -0.0602. The van der Waals surface area contributed by atoms with Crippen molar-refractivity contribution in [1.29, 1.82) is 0 Å². The Morgan fingerprint density at radius 1 is 0.765 bits per heavy atom. The molecule has 4 N–H and O–H groups in total. The summed E-state index contributed by atoms with van der Waals surface area (Å²) in [6, 6.07) is 19.2. The fourth-order valence-corrected chi connectivity index (χ4v) is 4.61. The van der Waals surface area contributed by atoms with Crippen molar-refractivity contribution >= 4 is 22.4 Å². The number of aromatic amines is 4. The summed E-state index contributed by atoms with van der Waals surface area (Å²) in [6.45, 7) is 3.94. The van der Waals surface area contributed by atoms with Crippen LogP contribution in [0.4, 0.5) is 0 Å². The van der Waals surface area contributed by atoms with E-state index in [1.165, 1.54) is 0 Å². The van der Waals surface area contributed by atoms with Crippen molar-refractivity contribution in [2.45, 2.75) is 26.4 Å². The van der Waals surface area contributed by atoms with E-state index in [1.807, 2.05) is 74.5 Å². The molecule has 0 atom stereocenters. The van der Waals surface area contributed by atoms with Gasteiger partial charge in [-0.1, -0.05) is 54.1 Å². The molecule has 0 radical (unpaired) electrons. The number of fused-ring (bicyclic) bond motifs is 1. The lowest BCUT2D eigenvalue weighted by Gasteiger charge is -2.22. The van der Waals surface area contributed by atoms with E-state index < -0.39 is 5.92 Å². The lowest BCUT2D eigenvalue weighted by molar-refractivity contribution is 0.303. The molecule has 0 amide bonds. The van der Waals surface area contributed by atoms with Gasteiger partial charge in [-0.3, -0.25) is 19.8 Å². The molecule has 172 valence electrons. The number of aryl methyl sites for hydroxylation is 2. The molecule has 2 aromatic heterocycles. The topological polar surface area (TPSA) is 107 Å². The number of rotatable bonds is 6. The van der Waals surface area contributed by atoms with Crippen molar-refractivity contribution in [2.24, 2.45) is 0 Å². The quantitative estimate of drug-likeness (QED) is 0.281. The molecule has 0 spiro atoms. The number of halogens is 1. The maximum Gasteiger partial charge on any atom is 0.268 e. The van der Waals surface area contributed by atoms with Crippen molar-refractivity contribution in [3.63, 3.8) is 0 Å². The number of H-pyrrole nitrogens is 4. The molecule has 0 aliphatic carbocycles. The van der Waals surface area contributed by atoms with E-state index in [0.29, 0.717) is 39.9 Å². The third-order valence-electron chi connectivity index (χ3n) is 6.13. The van der Waals surface area contributed by atoms with Crippen molar-refractivity contribution in [1.82, 2.24) is 20.4 Å². The van der Waals surface area contributed by atoms with Gasteiger partial charge in [0.2, 0.25) is 0 Å². The van der Waals surface area contributed by atoms with Crippen LogP contribution < -0.4 is 15.9 Å². The fraction of sp³-hybridized carbons (Fsp3) is 0.154. The van der Waals surface area contributed by atoms with Crippen molar-refractivity contribution < 1.29 is 4.74 Å². The van der Waals surface area contributed by atoms with Crippen LogP contribution in [0.15, 0.2) is 70.3 Å². The van der Waals surface area contributed by atoms with Crippen LogP contribution in [0.2, 0.25) is 5.02 Å². The highest BCUT2D eigenvalue weighted by Crippen LogP contribution is 2.41. The molecule has 0 fully saturated rings. The summed E-state index contributed by atoms with van der Waals surface area (Å²) in [7, 11) is 0. The van der Waals surface area contributed by atoms with E-state index in [-0.39, 0.29) is 11.1 Å². The highest BCUT2D eigenvalue weighted by Gasteiger charge is 2.31. The minimum Gasteiger partial charge on any atom is -0.489 e. The van der Waals surface area contributed by atoms with E-state index in [4.69, 9.17) is 16.3 Å². The molecule has 7 nitrogen and oxygen atoms in total. The summed E-state index contributed by atoms with van der Waals surface area (Å²) in [5, 5.41) is 13.7. The molecule has 34 heavy (non-hydrogen) atoms. The van der Waals surface area contributed by atoms with Crippen LogP contribution in [-0.4, -0.2) is 20.4 Å². The Kier molecular flexibility index (Phi) is 5.63. The predicted octanol–water partition coefficient (Wildman–Crippen LogP) is 4.90. The zero-order valence-electron chi connectivity index (χ0n) is 18.7. The van der Waals surface area contributed by atoms with Gasteiger partial charge in [-0.25, -0.2) is 0 Å². The first-order valence-corrected chi connectivity index (χ1v) is 11.2. The van der Waals surface area contributed by atoms with Crippen LogP contribution in [0, 0.1) is 13.8 Å². The highest BCUT2D eigenvalue weighted by atomic mass is 35.5. The smallest absolute Gasteiger partial charge is 0.268 e. The van der Waals surface area contributed by atoms with Gasteiger partial charge in [0.25, 0.3) is 11.1 Å². The summed E-state index contributed by atoms with van der Waals surface area (Å²) in [5.41, 5.74) is 3.41. The normalized spacial score (nSPS) is 11.4. The van der Waals surface area contributed by atoms with Crippen LogP contribution in [0.1, 0.15) is 39.6 Å². The number of benzene rings is 3. The SMILES string of the molecule is Cc1[nH][nH]c(=O)c1C(c1c(C)[nH][nH]c1=O)c1c(OCc2ccc(Cl)cc2)ccc2ccccc12. The Labute approximate surface area is 199 Å². The van der Waals surface area contributed by atoms with Gasteiger partial charge in [-0.15, -0.1) is 0 Å². The zero-order chi connectivity index (χ0) is 23.8. The average molecular weight is 475 g/mol. The third kappa shape index (κ3) is 3.84. The Morgan fingerprint density at radius 2 is 1.38 bits per heavy atom. The molecule has 5 aromatic rings. The second kappa shape index (κ2) is 8.76. The predicted molar refractivity (Wildman–Crippen MR) is 133 cm³/mol. The van der Waals surface area contributed by atoms with Crippen LogP contribution >= 0.6 is 11.6 Å². The van der Waals surface area contributed by atoms with Gasteiger partial charge >= 0.3 is 0 Å². The maximum atomic E-state index is 13.0. The molecule has 0 bridgehead atoms. The van der Waals surface area contributed by atoms with Crippen LogP contribution in [0.25, 0.3) is 10.8 Å². The summed E-state index contributed by atoms with van der Waals surface area (Å²) in [4.78, 5) is 25.9. The molecule has 0 aliphatic heterocycles. The molecule has 5 rings (SSSR count). The molecular weight excluding hydrogens is 452 g/mol. The highest BCUT2D eigenvalue weighted by molar-refractivity contribution is 6.30. The van der Waals surface area contributed by atoms with Gasteiger partial charge in [-0.2, -0.15) is 0 Å². The number of hydrogen-bond donors (Lipinski definition) is 4. The van der Waals surface area contributed by atoms with E-state index in [0.717, 1.165) is 21.9 Å². The number of ether oxygens (including phenoxy) is 1. The first-order valence-electron chi connectivity index (χ1n) is 10.9. The second-order valence-electron chi connectivity index (χ2n) is 8.28. The summed E-state index contributed by atoms with van der Waals surface area (Å²) >= 11 is 6.02. The molecule has 2 heterocycles. The Hall–Kier alpha value is -3.97. The minimum atomic E-state index is -0.656. The van der Waals surface area contributed by atoms with E-state index in [9.17, 15) is 9.59 Å². The third-order valence-corrected chi connectivity index (χ3v) is 6.38. The molecule has 8 heteroatoms. The fourth-order valence-electron chi connectivity index (χ4n) is 4.48. The molecule has 0 unspecified atom stereocenters. The molecule has 3 aromatic carbocycles. The maximum absolute atomic E-state index is 13.0. The largest absolute Gasteiger partial charge is 0.489 e. The van der Waals surface area contributed by atoms with Crippen molar-refractivity contribution in [3.8, 4) is 5.75 Å². The van der Waals surface area contributed by atoms with Gasteiger partial charge in [-0.05, 0) is 48.4 Å². The summed E-state index contributed by atoms with van der Waals surface area (Å²) in [6.07, 6.45) is 0. The minimum absolute atomic E-state index is 0.279. The average Bonchev–Trinajstić information content (AvgIpc) is 3.35. The van der Waals surface area contributed by atoms with E-state index >= 15 is 0 Å². The van der Waals surface area contributed by atoms with E-state index in [1.54, 1.807) is 0 Å². The molecule has 0 aliphatic rings. The first kappa shape index (κ1) is 21.9. The van der Waals surface area contributed by atoms with Crippen LogP contribution in [0.5, 0.6) is 5.75 Å². The first-order chi connectivity index (χ1) is 16.4. The van der Waals surface area contributed by atoms with Crippen LogP contribution in [0.3, 0.4) is 0 Å². The molecular formula is C26H23ClN4O3. The summed E-state index contributed by atoms with van der Waals surface area (Å²) < 4.78 is 6.32. The molecule has 0 saturated carbocycles. The van der Waals surface area contributed by atoms with Gasteiger partial charge in [0.1, 0.15) is 12.4 Å². The lowest BCUT2D eigenvalue weighted by Crippen LogP contribution is -2.21. The Balaban J connectivity index is 1.76. The van der Waals surface area contributed by atoms with Crippen molar-refractivity contribution in [3.05, 3.63) is 120 Å². The van der Waals surface area contributed by atoms with Gasteiger partial charge in [0.15, 0.2) is 0 Å². The lowest BCUT2D eigenvalue weighted by atomic mass is 9.82. The number of aromatic nitrogens is 4. The van der Waals surface area contributed by atoms with Gasteiger partial charge in [0.05, 0.1) is 17.0 Å². The molecule has 0 saturated heterocycles. The Bertz CT molecular complexity index is 1540. The zero-order valence-corrected chi connectivity index (χ0v) is 19.4. The number of hydrogen-bond acceptors (Lipinski definition) is 3. The Morgan fingerprint density at radius 3 is 1.97 bits per heavy atom. The second-order valence-corrected chi connectivity index (χ2v) is 8.72.